The number of Topliss-reactive ketones (excluding diaryl/α,β-unsaturated/α-hetero) is 1. The van der Waals surface area contributed by atoms with Gasteiger partial charge in [0.2, 0.25) is 0 Å². The summed E-state index contributed by atoms with van der Waals surface area (Å²) in [6, 6.07) is 0. The maximum Gasteiger partial charge on any atom is 0.302 e. The second-order valence-electron chi connectivity index (χ2n) is 6.61. The molecule has 0 bridgehead atoms. The van der Waals surface area contributed by atoms with Crippen molar-refractivity contribution in [3.05, 3.63) is 23.8 Å². The van der Waals surface area contributed by atoms with E-state index in [-0.39, 0.29) is 18.2 Å². The molecule has 0 fully saturated rings. The molecule has 0 aliphatic heterocycles. The first kappa shape index (κ1) is 17.6. The first-order valence-electron chi connectivity index (χ1n) is 7.28. The SMILES string of the molecule is C=C[C@@](C)(O)CCC1=C(C)C(=O)C[C@@H](OC(C)=O)C1(C)C. The molecule has 0 heterocycles. The summed E-state index contributed by atoms with van der Waals surface area (Å²) in [6.45, 7) is 12.4. The van der Waals surface area contributed by atoms with Gasteiger partial charge in [0.05, 0.1) is 5.60 Å². The molecule has 118 valence electrons. The van der Waals surface area contributed by atoms with Crippen LogP contribution < -0.4 is 0 Å². The predicted molar refractivity (Wildman–Crippen MR) is 81.7 cm³/mol. The highest BCUT2D eigenvalue weighted by Gasteiger charge is 2.42. The first-order chi connectivity index (χ1) is 9.51. The minimum atomic E-state index is -0.971. The lowest BCUT2D eigenvalue weighted by Crippen LogP contribution is -2.42. The zero-order chi connectivity index (χ0) is 16.4. The molecule has 2 atom stereocenters. The quantitative estimate of drug-likeness (QED) is 0.625. The maximum atomic E-state index is 12.1. The fourth-order valence-electron chi connectivity index (χ4n) is 2.80. The lowest BCUT2D eigenvalue weighted by molar-refractivity contribution is -0.153. The number of hydrogen-bond donors (Lipinski definition) is 1. The molecule has 1 N–H and O–H groups in total. The number of carbonyl (C=O) groups is 2. The Morgan fingerprint density at radius 1 is 1.57 bits per heavy atom. The molecule has 0 aromatic rings. The number of carbonyl (C=O) groups excluding carboxylic acids is 2. The Bertz CT molecular complexity index is 483. The molecule has 0 spiro atoms. The lowest BCUT2D eigenvalue weighted by Gasteiger charge is -2.41. The Morgan fingerprint density at radius 2 is 2.14 bits per heavy atom. The second-order valence-corrected chi connectivity index (χ2v) is 6.61. The molecular weight excluding hydrogens is 268 g/mol. The molecule has 0 unspecified atom stereocenters. The summed E-state index contributed by atoms with van der Waals surface area (Å²) >= 11 is 0. The summed E-state index contributed by atoms with van der Waals surface area (Å²) in [5.41, 5.74) is 0.289. The molecule has 1 aliphatic carbocycles. The Labute approximate surface area is 126 Å². The third-order valence-electron chi connectivity index (χ3n) is 4.45. The van der Waals surface area contributed by atoms with Gasteiger partial charge in [-0.05, 0) is 32.3 Å². The van der Waals surface area contributed by atoms with Crippen molar-refractivity contribution in [2.75, 3.05) is 0 Å². The molecule has 21 heavy (non-hydrogen) atoms. The van der Waals surface area contributed by atoms with E-state index in [4.69, 9.17) is 4.74 Å². The van der Waals surface area contributed by atoms with Crippen LogP contribution in [0.2, 0.25) is 0 Å². The molecule has 0 aromatic carbocycles. The topological polar surface area (TPSA) is 63.6 Å². The van der Waals surface area contributed by atoms with Gasteiger partial charge in [-0.15, -0.1) is 6.58 Å². The monoisotopic (exact) mass is 294 g/mol. The Balaban J connectivity index is 3.06. The van der Waals surface area contributed by atoms with E-state index in [2.05, 4.69) is 6.58 Å². The van der Waals surface area contributed by atoms with Crippen molar-refractivity contribution in [3.63, 3.8) is 0 Å². The average Bonchev–Trinajstić information content (AvgIpc) is 2.35. The van der Waals surface area contributed by atoms with Crippen LogP contribution in [0.4, 0.5) is 0 Å². The lowest BCUT2D eigenvalue weighted by atomic mass is 9.68. The minimum absolute atomic E-state index is 0.00817. The van der Waals surface area contributed by atoms with Crippen LogP contribution in [0, 0.1) is 5.41 Å². The van der Waals surface area contributed by atoms with Gasteiger partial charge in [0.1, 0.15) is 6.10 Å². The van der Waals surface area contributed by atoms with Crippen molar-refractivity contribution < 1.29 is 19.4 Å². The van der Waals surface area contributed by atoms with Crippen LogP contribution in [0.3, 0.4) is 0 Å². The Hall–Kier alpha value is -1.42. The molecule has 0 aromatic heterocycles. The molecule has 0 radical (unpaired) electrons. The van der Waals surface area contributed by atoms with E-state index in [1.54, 1.807) is 6.92 Å². The van der Waals surface area contributed by atoms with Gasteiger partial charge < -0.3 is 9.84 Å². The van der Waals surface area contributed by atoms with E-state index in [1.165, 1.54) is 13.0 Å². The molecular formula is C17H26O4. The summed E-state index contributed by atoms with van der Waals surface area (Å²) < 4.78 is 5.34. The van der Waals surface area contributed by atoms with Gasteiger partial charge >= 0.3 is 5.97 Å². The molecule has 4 heteroatoms. The van der Waals surface area contributed by atoms with Crippen LogP contribution in [0.5, 0.6) is 0 Å². The number of esters is 1. The van der Waals surface area contributed by atoms with E-state index in [9.17, 15) is 14.7 Å². The minimum Gasteiger partial charge on any atom is -0.461 e. The van der Waals surface area contributed by atoms with Crippen LogP contribution in [0.15, 0.2) is 23.8 Å². The summed E-state index contributed by atoms with van der Waals surface area (Å²) in [7, 11) is 0. The number of hydrogen-bond acceptors (Lipinski definition) is 4. The van der Waals surface area contributed by atoms with Gasteiger partial charge in [-0.25, -0.2) is 0 Å². The van der Waals surface area contributed by atoms with Gasteiger partial charge in [0.15, 0.2) is 5.78 Å². The van der Waals surface area contributed by atoms with Gasteiger partial charge in [-0.3, -0.25) is 9.59 Å². The van der Waals surface area contributed by atoms with Crippen LogP contribution in [0.25, 0.3) is 0 Å². The average molecular weight is 294 g/mol. The van der Waals surface area contributed by atoms with Gasteiger partial charge in [-0.1, -0.05) is 25.5 Å². The summed E-state index contributed by atoms with van der Waals surface area (Å²) in [5, 5.41) is 10.1. The highest BCUT2D eigenvalue weighted by molar-refractivity contribution is 5.97. The molecule has 0 saturated carbocycles. The van der Waals surface area contributed by atoms with Crippen molar-refractivity contribution in [2.24, 2.45) is 5.41 Å². The molecule has 0 amide bonds. The van der Waals surface area contributed by atoms with Gasteiger partial charge in [-0.2, -0.15) is 0 Å². The highest BCUT2D eigenvalue weighted by atomic mass is 16.5. The third-order valence-corrected chi connectivity index (χ3v) is 4.45. The van der Waals surface area contributed by atoms with Crippen molar-refractivity contribution in [3.8, 4) is 0 Å². The van der Waals surface area contributed by atoms with Crippen molar-refractivity contribution in [1.29, 1.82) is 0 Å². The Morgan fingerprint density at radius 3 is 2.62 bits per heavy atom. The zero-order valence-corrected chi connectivity index (χ0v) is 13.7. The van der Waals surface area contributed by atoms with E-state index < -0.39 is 17.1 Å². The second kappa shape index (κ2) is 6.14. The van der Waals surface area contributed by atoms with E-state index in [0.29, 0.717) is 12.8 Å². The van der Waals surface area contributed by atoms with Crippen LogP contribution in [0.1, 0.15) is 53.9 Å². The normalized spacial score (nSPS) is 24.5. The van der Waals surface area contributed by atoms with Gasteiger partial charge in [0, 0.05) is 18.8 Å². The maximum absolute atomic E-state index is 12.1. The van der Waals surface area contributed by atoms with E-state index in [1.807, 2.05) is 20.8 Å². The fourth-order valence-corrected chi connectivity index (χ4v) is 2.80. The number of ether oxygens (including phenoxy) is 1. The van der Waals surface area contributed by atoms with Crippen LogP contribution in [-0.2, 0) is 14.3 Å². The molecule has 1 rings (SSSR count). The highest BCUT2D eigenvalue weighted by Crippen LogP contribution is 2.43. The van der Waals surface area contributed by atoms with E-state index in [0.717, 1.165) is 11.1 Å². The molecule has 0 saturated heterocycles. The standard InChI is InChI=1S/C17H26O4/c1-7-17(6,20)9-8-13-11(2)14(19)10-15(16(13,4)5)21-12(3)18/h7,15,20H,1,8-10H2,2-6H3/t15-,17-/m1/s1. The first-order valence-corrected chi connectivity index (χ1v) is 7.28. The number of ketones is 1. The smallest absolute Gasteiger partial charge is 0.302 e. The predicted octanol–water partition coefficient (Wildman–Crippen LogP) is 2.95. The van der Waals surface area contributed by atoms with Crippen LogP contribution >= 0.6 is 0 Å². The van der Waals surface area contributed by atoms with E-state index >= 15 is 0 Å². The molecule has 4 nitrogen and oxygen atoms in total. The zero-order valence-electron chi connectivity index (χ0n) is 13.7. The van der Waals surface area contributed by atoms with Crippen molar-refractivity contribution >= 4 is 11.8 Å². The largest absolute Gasteiger partial charge is 0.461 e. The van der Waals surface area contributed by atoms with Crippen molar-refractivity contribution in [1.82, 2.24) is 0 Å². The number of aliphatic hydroxyl groups is 1. The number of allylic oxidation sites excluding steroid dienone is 1. The van der Waals surface area contributed by atoms with Crippen LogP contribution in [-0.4, -0.2) is 28.6 Å². The summed E-state index contributed by atoms with van der Waals surface area (Å²) in [6.07, 6.45) is 2.33. The number of rotatable bonds is 5. The molecule has 1 aliphatic rings. The summed E-state index contributed by atoms with van der Waals surface area (Å²) in [4.78, 5) is 23.4. The summed E-state index contributed by atoms with van der Waals surface area (Å²) in [5.74, 6) is -0.369. The third kappa shape index (κ3) is 4.03. The Kier molecular flexibility index (Phi) is 5.16. The van der Waals surface area contributed by atoms with Crippen molar-refractivity contribution in [2.45, 2.75) is 65.6 Å². The fraction of sp³-hybridized carbons (Fsp3) is 0.647. The van der Waals surface area contributed by atoms with Gasteiger partial charge in [0.25, 0.3) is 0 Å².